The molecule has 0 aliphatic carbocycles. The zero-order valence-corrected chi connectivity index (χ0v) is 9.57. The molecule has 0 fully saturated rings. The van der Waals surface area contributed by atoms with E-state index in [1.165, 1.54) is 0 Å². The van der Waals surface area contributed by atoms with Gasteiger partial charge < -0.3 is 5.32 Å². The van der Waals surface area contributed by atoms with Crippen molar-refractivity contribution in [2.45, 2.75) is 6.42 Å². The lowest BCUT2D eigenvalue weighted by atomic mass is 10.1. The van der Waals surface area contributed by atoms with Crippen molar-refractivity contribution in [3.8, 4) is 23.2 Å². The topological polar surface area (TPSA) is 66.5 Å². The number of nitrogens with zero attached hydrogens (tertiary/aromatic N) is 3. The molecule has 0 spiro atoms. The van der Waals surface area contributed by atoms with E-state index in [-0.39, 0.29) is 0 Å². The summed E-state index contributed by atoms with van der Waals surface area (Å²) in [6.45, 7) is 0.911. The molecule has 2 aromatic rings. The van der Waals surface area contributed by atoms with Gasteiger partial charge in [-0.25, -0.2) is 0 Å². The summed E-state index contributed by atoms with van der Waals surface area (Å²) in [6, 6.07) is 7.79. The second-order valence-electron chi connectivity index (χ2n) is 3.47. The Morgan fingerprint density at radius 1 is 1.29 bits per heavy atom. The second kappa shape index (κ2) is 5.77. The van der Waals surface area contributed by atoms with E-state index >= 15 is 0 Å². The number of aromatic amines is 1. The fraction of sp³-hybridized carbons (Fsp3) is 0.250. The summed E-state index contributed by atoms with van der Waals surface area (Å²) in [4.78, 5) is 0. The molecule has 0 atom stereocenters. The largest absolute Gasteiger partial charge is 0.319 e. The number of hydrogen-bond acceptors (Lipinski definition) is 4. The van der Waals surface area contributed by atoms with Crippen LogP contribution >= 0.6 is 0 Å². The van der Waals surface area contributed by atoms with E-state index < -0.39 is 0 Å². The highest BCUT2D eigenvalue weighted by Gasteiger charge is 2.00. The molecule has 0 amide bonds. The highest BCUT2D eigenvalue weighted by atomic mass is 15.5. The molecule has 1 heterocycles. The maximum atomic E-state index is 3.91. The van der Waals surface area contributed by atoms with E-state index in [2.05, 4.69) is 37.8 Å². The summed E-state index contributed by atoms with van der Waals surface area (Å²) in [5.74, 6) is 6.79. The summed E-state index contributed by atoms with van der Waals surface area (Å²) < 4.78 is 0. The Bertz CT molecular complexity index is 504. The maximum Gasteiger partial charge on any atom is 0.204 e. The SMILES string of the molecule is CNCCC#Cc1ccc(-c2nn[nH]n2)cc1. The highest BCUT2D eigenvalue weighted by Crippen LogP contribution is 2.13. The zero-order chi connectivity index (χ0) is 11.9. The van der Waals surface area contributed by atoms with Gasteiger partial charge in [-0.05, 0) is 36.5 Å². The summed E-state index contributed by atoms with van der Waals surface area (Å²) in [6.07, 6.45) is 0.850. The Kier molecular flexibility index (Phi) is 3.84. The molecule has 0 saturated heterocycles. The Morgan fingerprint density at radius 2 is 2.12 bits per heavy atom. The lowest BCUT2D eigenvalue weighted by Crippen LogP contribution is -2.05. The molecule has 0 bridgehead atoms. The fourth-order valence-corrected chi connectivity index (χ4v) is 1.34. The van der Waals surface area contributed by atoms with Crippen molar-refractivity contribution in [2.24, 2.45) is 0 Å². The van der Waals surface area contributed by atoms with Crippen molar-refractivity contribution < 1.29 is 0 Å². The van der Waals surface area contributed by atoms with Gasteiger partial charge in [0.25, 0.3) is 0 Å². The van der Waals surface area contributed by atoms with Crippen LogP contribution in [0.25, 0.3) is 11.4 Å². The summed E-state index contributed by atoms with van der Waals surface area (Å²) in [5.41, 5.74) is 1.92. The number of hydrogen-bond donors (Lipinski definition) is 2. The van der Waals surface area contributed by atoms with E-state index in [9.17, 15) is 0 Å². The van der Waals surface area contributed by atoms with Gasteiger partial charge in [0.2, 0.25) is 5.82 Å². The standard InChI is InChI=1S/C12H13N5/c1-13-9-3-2-4-10-5-7-11(8-6-10)12-14-16-17-15-12/h5-8,13H,3,9H2,1H3,(H,14,15,16,17). The third kappa shape index (κ3) is 3.13. The Balaban J connectivity index is 2.05. The minimum absolute atomic E-state index is 0.597. The molecule has 86 valence electrons. The monoisotopic (exact) mass is 227 g/mol. The van der Waals surface area contributed by atoms with Crippen molar-refractivity contribution in [3.05, 3.63) is 29.8 Å². The first-order valence-corrected chi connectivity index (χ1v) is 5.37. The Morgan fingerprint density at radius 3 is 2.76 bits per heavy atom. The van der Waals surface area contributed by atoms with E-state index in [4.69, 9.17) is 0 Å². The molecule has 1 aromatic heterocycles. The summed E-state index contributed by atoms with van der Waals surface area (Å²) in [7, 11) is 1.92. The predicted molar refractivity (Wildman–Crippen MR) is 65.0 cm³/mol. The van der Waals surface area contributed by atoms with Gasteiger partial charge in [-0.1, -0.05) is 11.8 Å². The first-order valence-electron chi connectivity index (χ1n) is 5.37. The van der Waals surface area contributed by atoms with Crippen LogP contribution in [0.3, 0.4) is 0 Å². The van der Waals surface area contributed by atoms with Gasteiger partial charge in [0.05, 0.1) is 0 Å². The molecular weight excluding hydrogens is 214 g/mol. The van der Waals surface area contributed by atoms with Gasteiger partial charge in [0.1, 0.15) is 0 Å². The summed E-state index contributed by atoms with van der Waals surface area (Å²) in [5, 5.41) is 16.8. The molecule has 0 radical (unpaired) electrons. The molecule has 1 aromatic carbocycles. The predicted octanol–water partition coefficient (Wildman–Crippen LogP) is 0.828. The molecule has 2 N–H and O–H groups in total. The van der Waals surface area contributed by atoms with Crippen molar-refractivity contribution >= 4 is 0 Å². The maximum absolute atomic E-state index is 3.91. The number of rotatable bonds is 3. The lowest BCUT2D eigenvalue weighted by molar-refractivity contribution is 0.818. The fourth-order valence-electron chi connectivity index (χ4n) is 1.34. The van der Waals surface area contributed by atoms with Gasteiger partial charge in [0, 0.05) is 24.1 Å². The third-order valence-electron chi connectivity index (χ3n) is 2.22. The number of nitrogens with one attached hydrogen (secondary N) is 2. The summed E-state index contributed by atoms with van der Waals surface area (Å²) >= 11 is 0. The van der Waals surface area contributed by atoms with Crippen molar-refractivity contribution in [1.82, 2.24) is 25.9 Å². The number of tetrazole rings is 1. The van der Waals surface area contributed by atoms with Crippen LogP contribution in [0, 0.1) is 11.8 Å². The highest BCUT2D eigenvalue weighted by molar-refractivity contribution is 5.55. The molecule has 17 heavy (non-hydrogen) atoms. The molecule has 0 aliphatic rings. The molecular formula is C12H13N5. The Hall–Kier alpha value is -2.19. The molecule has 5 heteroatoms. The zero-order valence-electron chi connectivity index (χ0n) is 9.57. The molecule has 0 saturated carbocycles. The van der Waals surface area contributed by atoms with Gasteiger partial charge in [-0.15, -0.1) is 10.2 Å². The normalized spacial score (nSPS) is 9.71. The minimum atomic E-state index is 0.597. The quantitative estimate of drug-likeness (QED) is 0.602. The average Bonchev–Trinajstić information content (AvgIpc) is 2.89. The van der Waals surface area contributed by atoms with Crippen LogP contribution in [0.5, 0.6) is 0 Å². The van der Waals surface area contributed by atoms with Gasteiger partial charge in [0.15, 0.2) is 0 Å². The van der Waals surface area contributed by atoms with Gasteiger partial charge >= 0.3 is 0 Å². The number of benzene rings is 1. The molecule has 0 aliphatic heterocycles. The first-order chi connectivity index (χ1) is 8.40. The third-order valence-corrected chi connectivity index (χ3v) is 2.22. The molecule has 0 unspecified atom stereocenters. The lowest BCUT2D eigenvalue weighted by Gasteiger charge is -1.94. The number of aromatic nitrogens is 4. The van der Waals surface area contributed by atoms with Crippen LogP contribution in [0.4, 0.5) is 0 Å². The smallest absolute Gasteiger partial charge is 0.204 e. The average molecular weight is 227 g/mol. The van der Waals surface area contributed by atoms with Crippen LogP contribution in [0.1, 0.15) is 12.0 Å². The Labute approximate surface area is 99.6 Å². The van der Waals surface area contributed by atoms with Gasteiger partial charge in [-0.3, -0.25) is 0 Å². The first kappa shape index (κ1) is 11.3. The number of H-pyrrole nitrogens is 1. The van der Waals surface area contributed by atoms with Gasteiger partial charge in [-0.2, -0.15) is 5.21 Å². The van der Waals surface area contributed by atoms with Crippen LogP contribution in [-0.4, -0.2) is 34.2 Å². The van der Waals surface area contributed by atoms with Crippen molar-refractivity contribution in [1.29, 1.82) is 0 Å². The van der Waals surface area contributed by atoms with Crippen LogP contribution < -0.4 is 5.32 Å². The van der Waals surface area contributed by atoms with Crippen LogP contribution in [0.15, 0.2) is 24.3 Å². The van der Waals surface area contributed by atoms with Crippen molar-refractivity contribution in [3.63, 3.8) is 0 Å². The van der Waals surface area contributed by atoms with Crippen LogP contribution in [-0.2, 0) is 0 Å². The molecule has 2 rings (SSSR count). The van der Waals surface area contributed by atoms with E-state index in [0.717, 1.165) is 24.1 Å². The minimum Gasteiger partial charge on any atom is -0.319 e. The van der Waals surface area contributed by atoms with Crippen molar-refractivity contribution in [2.75, 3.05) is 13.6 Å². The van der Waals surface area contributed by atoms with E-state index in [0.29, 0.717) is 5.82 Å². The van der Waals surface area contributed by atoms with E-state index in [1.54, 1.807) is 0 Å². The van der Waals surface area contributed by atoms with Crippen LogP contribution in [0.2, 0.25) is 0 Å². The molecule has 5 nitrogen and oxygen atoms in total. The van der Waals surface area contributed by atoms with E-state index in [1.807, 2.05) is 31.3 Å². The second-order valence-corrected chi connectivity index (χ2v) is 3.47.